The number of H-pyrrole nitrogens is 1. The highest BCUT2D eigenvalue weighted by atomic mass is 35.5. The molecule has 0 aliphatic heterocycles. The summed E-state index contributed by atoms with van der Waals surface area (Å²) in [6.45, 7) is 6.08. The number of anilines is 1. The zero-order valence-corrected chi connectivity index (χ0v) is 18.2. The number of alkyl halides is 3. The Balaban J connectivity index is 2.12. The van der Waals surface area contributed by atoms with Crippen LogP contribution in [0, 0.1) is 0 Å². The molecule has 0 radical (unpaired) electrons. The van der Waals surface area contributed by atoms with Crippen molar-refractivity contribution in [3.8, 4) is 0 Å². The van der Waals surface area contributed by atoms with E-state index in [0.29, 0.717) is 12.0 Å². The van der Waals surface area contributed by atoms with Crippen LogP contribution in [0.25, 0.3) is 0 Å². The maximum absolute atomic E-state index is 13.3. The van der Waals surface area contributed by atoms with Gasteiger partial charge in [-0.1, -0.05) is 50.6 Å². The lowest BCUT2D eigenvalue weighted by Gasteiger charge is -2.29. The van der Waals surface area contributed by atoms with Crippen molar-refractivity contribution in [2.24, 2.45) is 0 Å². The van der Waals surface area contributed by atoms with Crippen LogP contribution in [-0.4, -0.2) is 27.1 Å². The summed E-state index contributed by atoms with van der Waals surface area (Å²) in [5, 5.41) is -0.523. The second kappa shape index (κ2) is 8.74. The average Bonchev–Trinajstić information content (AvgIpc) is 3.25. The number of nitrogens with zero attached hydrogens (tertiary/aromatic N) is 3. The zero-order chi connectivity index (χ0) is 23.7. The highest BCUT2D eigenvalue weighted by molar-refractivity contribution is 6.30. The molecule has 0 aliphatic rings. The molecule has 0 saturated carbocycles. The highest BCUT2D eigenvalue weighted by Gasteiger charge is 2.35. The van der Waals surface area contributed by atoms with E-state index in [0.717, 1.165) is 22.6 Å². The fourth-order valence-electron chi connectivity index (χ4n) is 3.13. The lowest BCUT2D eigenvalue weighted by atomic mass is 9.87. The molecule has 168 valence electrons. The number of pyridine rings is 1. The van der Waals surface area contributed by atoms with E-state index in [1.165, 1.54) is 12.5 Å². The molecule has 32 heavy (non-hydrogen) atoms. The third-order valence-corrected chi connectivity index (χ3v) is 5.16. The van der Waals surface area contributed by atoms with E-state index >= 15 is 0 Å². The van der Waals surface area contributed by atoms with Gasteiger partial charge in [0.25, 0.3) is 5.91 Å². The van der Waals surface area contributed by atoms with Crippen LogP contribution < -0.4 is 4.90 Å². The number of halogens is 4. The average molecular weight is 465 g/mol. The van der Waals surface area contributed by atoms with E-state index in [1.54, 1.807) is 12.1 Å². The molecule has 1 amide bonds. The van der Waals surface area contributed by atoms with Gasteiger partial charge in [0.15, 0.2) is 0 Å². The van der Waals surface area contributed by atoms with Crippen molar-refractivity contribution in [3.63, 3.8) is 0 Å². The van der Waals surface area contributed by atoms with Gasteiger partial charge in [0.1, 0.15) is 28.9 Å². The van der Waals surface area contributed by atoms with E-state index in [9.17, 15) is 22.8 Å². The lowest BCUT2D eigenvalue weighted by molar-refractivity contribution is -0.141. The highest BCUT2D eigenvalue weighted by Crippen LogP contribution is 2.35. The van der Waals surface area contributed by atoms with Gasteiger partial charge in [0.05, 0.1) is 12.5 Å². The van der Waals surface area contributed by atoms with Gasteiger partial charge in [-0.05, 0) is 29.2 Å². The Morgan fingerprint density at radius 2 is 1.78 bits per heavy atom. The van der Waals surface area contributed by atoms with Gasteiger partial charge in [-0.25, -0.2) is 9.97 Å². The predicted molar refractivity (Wildman–Crippen MR) is 114 cm³/mol. The quantitative estimate of drug-likeness (QED) is 0.407. The molecular weight excluding hydrogens is 445 g/mol. The zero-order valence-electron chi connectivity index (χ0n) is 17.4. The van der Waals surface area contributed by atoms with Crippen LogP contribution in [0.5, 0.6) is 0 Å². The van der Waals surface area contributed by atoms with Crippen LogP contribution in [0.4, 0.5) is 18.9 Å². The summed E-state index contributed by atoms with van der Waals surface area (Å²) < 4.78 is 39.0. The van der Waals surface area contributed by atoms with Crippen LogP contribution >= 0.6 is 11.6 Å². The van der Waals surface area contributed by atoms with Crippen molar-refractivity contribution in [2.75, 3.05) is 4.90 Å². The number of imidazole rings is 1. The summed E-state index contributed by atoms with van der Waals surface area (Å²) in [6, 6.07) is 7.41. The molecular formula is C22H20ClF3N4O2. The summed E-state index contributed by atoms with van der Waals surface area (Å²) in [5.74, 6) is -0.612. The van der Waals surface area contributed by atoms with E-state index in [4.69, 9.17) is 11.6 Å². The van der Waals surface area contributed by atoms with Crippen LogP contribution in [-0.2, 0) is 16.4 Å². The fraction of sp³-hybridized carbons (Fsp3) is 0.273. The number of carbonyl (C=O) groups is 2. The molecule has 3 rings (SSSR count). The van der Waals surface area contributed by atoms with E-state index in [1.807, 2.05) is 32.9 Å². The van der Waals surface area contributed by atoms with Crippen molar-refractivity contribution >= 4 is 29.5 Å². The van der Waals surface area contributed by atoms with Gasteiger partial charge in [0.2, 0.25) is 0 Å². The largest absolute Gasteiger partial charge is 0.433 e. The normalized spacial score (nSPS) is 13.0. The minimum absolute atomic E-state index is 0.0394. The first kappa shape index (κ1) is 23.5. The molecule has 0 saturated heterocycles. The molecule has 3 aromatic rings. The Labute approximate surface area is 187 Å². The second-order valence-electron chi connectivity index (χ2n) is 8.09. The molecule has 0 bridgehead atoms. The van der Waals surface area contributed by atoms with E-state index in [2.05, 4.69) is 15.0 Å². The van der Waals surface area contributed by atoms with Gasteiger partial charge in [0, 0.05) is 11.3 Å². The molecule has 2 aromatic heterocycles. The van der Waals surface area contributed by atoms with Crippen LogP contribution in [0.3, 0.4) is 0 Å². The first-order valence-corrected chi connectivity index (χ1v) is 9.92. The number of nitrogens with one attached hydrogen (secondary N) is 1. The van der Waals surface area contributed by atoms with Crippen LogP contribution in [0.1, 0.15) is 54.1 Å². The first-order chi connectivity index (χ1) is 14.9. The number of hydrogen-bond donors (Lipinski definition) is 1. The Bertz CT molecular complexity index is 1110. The maximum atomic E-state index is 13.3. The molecule has 0 aliphatic carbocycles. The summed E-state index contributed by atoms with van der Waals surface area (Å²) in [5.41, 5.74) is 0.0475. The third kappa shape index (κ3) is 4.83. The maximum Gasteiger partial charge on any atom is 0.433 e. The summed E-state index contributed by atoms with van der Waals surface area (Å²) in [4.78, 5) is 36.4. The number of hydrogen-bond acceptors (Lipinski definition) is 4. The molecule has 1 atom stereocenters. The lowest BCUT2D eigenvalue weighted by Crippen LogP contribution is -2.36. The summed E-state index contributed by atoms with van der Waals surface area (Å²) in [6.07, 6.45) is -1.68. The van der Waals surface area contributed by atoms with E-state index < -0.39 is 29.0 Å². The molecule has 2 heterocycles. The minimum Gasteiger partial charge on any atom is -0.341 e. The van der Waals surface area contributed by atoms with Gasteiger partial charge in [-0.3, -0.25) is 9.69 Å². The van der Waals surface area contributed by atoms with Crippen molar-refractivity contribution < 1.29 is 22.8 Å². The number of rotatable bonds is 5. The molecule has 1 unspecified atom stereocenters. The number of aromatic amines is 1. The van der Waals surface area contributed by atoms with E-state index in [-0.39, 0.29) is 16.7 Å². The predicted octanol–water partition coefficient (Wildman–Crippen LogP) is 5.36. The Kier molecular flexibility index (Phi) is 6.41. The standard InChI is InChI=1S/C22H20ClF3N4O2/c1-21(2,3)13-4-6-14(7-5-13)30(20(32)16-10-27-12-28-16)17(11-31)15-8-9-18(22(24,25)26)29-19(15)23/h4-12,17H,1-3H3,(H,27,28). The number of amides is 1. The van der Waals surface area contributed by atoms with Gasteiger partial charge < -0.3 is 9.78 Å². The fourth-order valence-corrected chi connectivity index (χ4v) is 3.39. The molecule has 0 fully saturated rings. The van der Waals surface area contributed by atoms with Crippen molar-refractivity contribution in [3.05, 3.63) is 76.6 Å². The number of benzene rings is 1. The monoisotopic (exact) mass is 464 g/mol. The Morgan fingerprint density at radius 1 is 1.12 bits per heavy atom. The second-order valence-corrected chi connectivity index (χ2v) is 8.45. The molecule has 10 heteroatoms. The molecule has 1 aromatic carbocycles. The van der Waals surface area contributed by atoms with Gasteiger partial charge in [-0.2, -0.15) is 13.2 Å². The summed E-state index contributed by atoms with van der Waals surface area (Å²) >= 11 is 6.03. The van der Waals surface area contributed by atoms with Crippen LogP contribution in [0.2, 0.25) is 5.15 Å². The number of aromatic nitrogens is 3. The smallest absolute Gasteiger partial charge is 0.341 e. The number of aldehydes is 1. The summed E-state index contributed by atoms with van der Waals surface area (Å²) in [7, 11) is 0. The van der Waals surface area contributed by atoms with Crippen LogP contribution in [0.15, 0.2) is 48.9 Å². The van der Waals surface area contributed by atoms with Crippen molar-refractivity contribution in [1.82, 2.24) is 15.0 Å². The Morgan fingerprint density at radius 3 is 2.25 bits per heavy atom. The third-order valence-electron chi connectivity index (χ3n) is 4.85. The van der Waals surface area contributed by atoms with Gasteiger partial charge in [-0.15, -0.1) is 0 Å². The Hall–Kier alpha value is -3.20. The van der Waals surface area contributed by atoms with Gasteiger partial charge >= 0.3 is 6.18 Å². The van der Waals surface area contributed by atoms with Crippen molar-refractivity contribution in [1.29, 1.82) is 0 Å². The topological polar surface area (TPSA) is 79.0 Å². The first-order valence-electron chi connectivity index (χ1n) is 9.55. The minimum atomic E-state index is -4.70. The SMILES string of the molecule is CC(C)(C)c1ccc(N(C(=O)c2cnc[nH]2)C(C=O)c2ccc(C(F)(F)F)nc2Cl)cc1. The molecule has 0 spiro atoms. The molecule has 6 nitrogen and oxygen atoms in total. The number of carbonyl (C=O) groups excluding carboxylic acids is 2. The van der Waals surface area contributed by atoms with Crippen molar-refractivity contribution in [2.45, 2.75) is 38.4 Å². The molecule has 1 N–H and O–H groups in total.